The second-order valence-corrected chi connectivity index (χ2v) is 6.42. The number of aryl methyl sites for hydroxylation is 1. The molecular formula is C23H22N2. The molecule has 0 aliphatic carbocycles. The van der Waals surface area contributed by atoms with Crippen LogP contribution in [0.1, 0.15) is 18.1 Å². The van der Waals surface area contributed by atoms with Gasteiger partial charge in [-0.3, -0.25) is 4.98 Å². The molecule has 0 radical (unpaired) electrons. The maximum Gasteiger partial charge on any atom is 0.0725 e. The second kappa shape index (κ2) is 6.94. The maximum absolute atomic E-state index is 4.51. The number of anilines is 1. The van der Waals surface area contributed by atoms with E-state index in [-0.39, 0.29) is 0 Å². The van der Waals surface area contributed by atoms with Crippen molar-refractivity contribution < 1.29 is 0 Å². The lowest BCUT2D eigenvalue weighted by atomic mass is 10.0. The van der Waals surface area contributed by atoms with Gasteiger partial charge in [0.2, 0.25) is 0 Å². The van der Waals surface area contributed by atoms with Crippen molar-refractivity contribution in [2.24, 2.45) is 0 Å². The van der Waals surface area contributed by atoms with E-state index in [1.165, 1.54) is 27.3 Å². The third-order valence-electron chi connectivity index (χ3n) is 4.76. The molecule has 0 aliphatic rings. The molecule has 0 saturated carbocycles. The number of aromatic nitrogens is 1. The molecule has 2 heteroatoms. The van der Waals surface area contributed by atoms with Gasteiger partial charge in [0.1, 0.15) is 0 Å². The summed E-state index contributed by atoms with van der Waals surface area (Å²) in [5.41, 5.74) is 4.91. The number of rotatable bonds is 5. The number of hydrogen-bond donors (Lipinski definition) is 1. The molecule has 1 aromatic heterocycles. The predicted octanol–water partition coefficient (Wildman–Crippen LogP) is 5.61. The summed E-state index contributed by atoms with van der Waals surface area (Å²) in [7, 11) is 0. The molecule has 0 spiro atoms. The third kappa shape index (κ3) is 3.34. The molecule has 0 unspecified atom stereocenters. The Morgan fingerprint density at radius 1 is 0.840 bits per heavy atom. The molecular weight excluding hydrogens is 304 g/mol. The minimum atomic E-state index is 0.910. The highest BCUT2D eigenvalue weighted by Gasteiger charge is 2.03. The summed E-state index contributed by atoms with van der Waals surface area (Å²) >= 11 is 0. The predicted molar refractivity (Wildman–Crippen MR) is 107 cm³/mol. The van der Waals surface area contributed by atoms with Gasteiger partial charge in [-0.2, -0.15) is 0 Å². The van der Waals surface area contributed by atoms with Gasteiger partial charge in [-0.25, -0.2) is 0 Å². The molecule has 1 N–H and O–H groups in total. The van der Waals surface area contributed by atoms with Gasteiger partial charge < -0.3 is 5.32 Å². The first-order chi connectivity index (χ1) is 12.3. The molecule has 0 atom stereocenters. The van der Waals surface area contributed by atoms with E-state index in [0.717, 1.165) is 30.6 Å². The zero-order valence-corrected chi connectivity index (χ0v) is 14.5. The van der Waals surface area contributed by atoms with Gasteiger partial charge in [-0.15, -0.1) is 0 Å². The van der Waals surface area contributed by atoms with Crippen LogP contribution in [0.25, 0.3) is 21.7 Å². The van der Waals surface area contributed by atoms with Crippen LogP contribution < -0.4 is 5.32 Å². The van der Waals surface area contributed by atoms with Crippen LogP contribution in [0.15, 0.2) is 72.9 Å². The van der Waals surface area contributed by atoms with Gasteiger partial charge in [-0.05, 0) is 46.9 Å². The monoisotopic (exact) mass is 326 g/mol. The highest BCUT2D eigenvalue weighted by Crippen LogP contribution is 2.23. The molecule has 4 rings (SSSR count). The van der Waals surface area contributed by atoms with Crippen LogP contribution in [0.3, 0.4) is 0 Å². The molecule has 0 aliphatic heterocycles. The quantitative estimate of drug-likeness (QED) is 0.516. The number of hydrogen-bond acceptors (Lipinski definition) is 2. The molecule has 0 amide bonds. The maximum atomic E-state index is 4.51. The van der Waals surface area contributed by atoms with Gasteiger partial charge in [0.15, 0.2) is 0 Å². The van der Waals surface area contributed by atoms with Crippen molar-refractivity contribution in [1.29, 1.82) is 0 Å². The largest absolute Gasteiger partial charge is 0.384 e. The summed E-state index contributed by atoms with van der Waals surface area (Å²) in [5, 5.41) is 7.38. The Bertz CT molecular complexity index is 1020. The molecule has 1 heterocycles. The Morgan fingerprint density at radius 2 is 1.68 bits per heavy atom. The Hall–Kier alpha value is -2.87. The SMILES string of the molecule is CCc1ccc2c(NCCc3ccc4ccccc4c3)ccnc2c1. The van der Waals surface area contributed by atoms with E-state index in [9.17, 15) is 0 Å². The fraction of sp³-hybridized carbons (Fsp3) is 0.174. The van der Waals surface area contributed by atoms with Gasteiger partial charge in [0.25, 0.3) is 0 Å². The van der Waals surface area contributed by atoms with E-state index >= 15 is 0 Å². The fourth-order valence-corrected chi connectivity index (χ4v) is 3.30. The highest BCUT2D eigenvalue weighted by molar-refractivity contribution is 5.91. The molecule has 3 aromatic carbocycles. The van der Waals surface area contributed by atoms with E-state index in [2.05, 4.69) is 84.0 Å². The van der Waals surface area contributed by atoms with Crippen molar-refractivity contribution in [3.63, 3.8) is 0 Å². The van der Waals surface area contributed by atoms with Crippen LogP contribution in [0.5, 0.6) is 0 Å². The number of benzene rings is 3. The number of nitrogens with zero attached hydrogens (tertiary/aromatic N) is 1. The van der Waals surface area contributed by atoms with E-state index in [4.69, 9.17) is 0 Å². The van der Waals surface area contributed by atoms with Crippen LogP contribution in [0.2, 0.25) is 0 Å². The van der Waals surface area contributed by atoms with Crippen molar-refractivity contribution in [2.75, 3.05) is 11.9 Å². The summed E-state index contributed by atoms with van der Waals surface area (Å²) in [6.07, 6.45) is 3.93. The first-order valence-corrected chi connectivity index (χ1v) is 8.92. The molecule has 0 fully saturated rings. The van der Waals surface area contributed by atoms with Crippen LogP contribution in [-0.4, -0.2) is 11.5 Å². The van der Waals surface area contributed by atoms with Crippen LogP contribution in [0.4, 0.5) is 5.69 Å². The normalized spacial score (nSPS) is 11.1. The van der Waals surface area contributed by atoms with Crippen molar-refractivity contribution in [2.45, 2.75) is 19.8 Å². The Labute approximate surface area is 148 Å². The van der Waals surface area contributed by atoms with Crippen LogP contribution in [0, 0.1) is 0 Å². The van der Waals surface area contributed by atoms with Crippen molar-refractivity contribution in [1.82, 2.24) is 4.98 Å². The number of fused-ring (bicyclic) bond motifs is 2. The van der Waals surface area contributed by atoms with Crippen LogP contribution in [-0.2, 0) is 12.8 Å². The van der Waals surface area contributed by atoms with Crippen LogP contribution >= 0.6 is 0 Å². The number of pyridine rings is 1. The summed E-state index contributed by atoms with van der Waals surface area (Å²) in [6.45, 7) is 3.08. The first-order valence-electron chi connectivity index (χ1n) is 8.92. The van der Waals surface area contributed by atoms with Gasteiger partial charge in [-0.1, -0.05) is 61.5 Å². The van der Waals surface area contributed by atoms with E-state index in [0.29, 0.717) is 0 Å². The molecule has 2 nitrogen and oxygen atoms in total. The Morgan fingerprint density at radius 3 is 2.56 bits per heavy atom. The minimum absolute atomic E-state index is 0.910. The molecule has 0 bridgehead atoms. The third-order valence-corrected chi connectivity index (χ3v) is 4.76. The topological polar surface area (TPSA) is 24.9 Å². The fourth-order valence-electron chi connectivity index (χ4n) is 3.30. The molecule has 0 saturated heterocycles. The zero-order chi connectivity index (χ0) is 17.1. The average Bonchev–Trinajstić information content (AvgIpc) is 2.67. The highest BCUT2D eigenvalue weighted by atomic mass is 14.9. The summed E-state index contributed by atoms with van der Waals surface area (Å²) in [4.78, 5) is 4.51. The standard InChI is InChI=1S/C23H22N2/c1-2-17-8-10-21-22(12-14-25-23(21)16-17)24-13-11-18-7-9-19-5-3-4-6-20(19)15-18/h3-10,12,14-16H,2,11,13H2,1H3,(H,24,25). The molecule has 124 valence electrons. The van der Waals surface area contributed by atoms with E-state index in [1.807, 2.05) is 6.20 Å². The minimum Gasteiger partial charge on any atom is -0.384 e. The summed E-state index contributed by atoms with van der Waals surface area (Å²) in [5.74, 6) is 0. The lowest BCUT2D eigenvalue weighted by Gasteiger charge is -2.10. The van der Waals surface area contributed by atoms with Crippen molar-refractivity contribution in [3.05, 3.63) is 84.1 Å². The first kappa shape index (κ1) is 15.6. The van der Waals surface area contributed by atoms with Gasteiger partial charge in [0.05, 0.1) is 5.52 Å². The van der Waals surface area contributed by atoms with Gasteiger partial charge in [0, 0.05) is 23.8 Å². The summed E-state index contributed by atoms with van der Waals surface area (Å²) in [6, 6.07) is 23.9. The second-order valence-electron chi connectivity index (χ2n) is 6.42. The van der Waals surface area contributed by atoms with E-state index < -0.39 is 0 Å². The zero-order valence-electron chi connectivity index (χ0n) is 14.5. The summed E-state index contributed by atoms with van der Waals surface area (Å²) < 4.78 is 0. The Kier molecular flexibility index (Phi) is 4.34. The number of nitrogens with one attached hydrogen (secondary N) is 1. The lowest BCUT2D eigenvalue weighted by molar-refractivity contribution is 1.02. The van der Waals surface area contributed by atoms with Gasteiger partial charge >= 0.3 is 0 Å². The molecule has 25 heavy (non-hydrogen) atoms. The van der Waals surface area contributed by atoms with Crippen molar-refractivity contribution in [3.8, 4) is 0 Å². The average molecular weight is 326 g/mol. The van der Waals surface area contributed by atoms with E-state index in [1.54, 1.807) is 0 Å². The lowest BCUT2D eigenvalue weighted by Crippen LogP contribution is -2.05. The molecule has 4 aromatic rings. The smallest absolute Gasteiger partial charge is 0.0725 e. The Balaban J connectivity index is 1.50. The van der Waals surface area contributed by atoms with Crippen molar-refractivity contribution >= 4 is 27.4 Å².